The highest BCUT2D eigenvalue weighted by Gasteiger charge is 2.21. The molecular formula is C20H33FN6O7. The summed E-state index contributed by atoms with van der Waals surface area (Å²) in [5, 5.41) is 24.4. The van der Waals surface area contributed by atoms with Crippen LogP contribution in [0.25, 0.3) is 0 Å². The van der Waals surface area contributed by atoms with Crippen molar-refractivity contribution in [2.45, 2.75) is 70.9 Å². The normalized spacial score (nSPS) is 12.4. The number of unbranched alkanes of at least 4 members (excludes halogenated alkanes) is 1. The second-order valence-corrected chi connectivity index (χ2v) is 7.34. The second-order valence-electron chi connectivity index (χ2n) is 7.34. The number of carbonyl (C=O) groups excluding carboxylic acids is 3. The van der Waals surface area contributed by atoms with Gasteiger partial charge in [0.1, 0.15) is 19.4 Å². The SMILES string of the molecule is CCC[C@H](NC(=O)N[C@@H](CCCCNC(=O)CCc1cn(COCC[18F])nn1)OC=O)C(=O)O. The Morgan fingerprint density at radius 1 is 1.26 bits per heavy atom. The molecule has 2 atom stereocenters. The van der Waals surface area contributed by atoms with E-state index in [4.69, 9.17) is 14.6 Å². The quantitative estimate of drug-likeness (QED) is 0.123. The zero-order chi connectivity index (χ0) is 25.2. The predicted octanol–water partition coefficient (Wildman–Crippen LogP) is 0.492. The Bertz CT molecular complexity index is 764. The summed E-state index contributed by atoms with van der Waals surface area (Å²) in [4.78, 5) is 45.8. The van der Waals surface area contributed by atoms with Crippen LogP contribution in [-0.2, 0) is 37.0 Å². The molecule has 14 heteroatoms. The lowest BCUT2D eigenvalue weighted by Gasteiger charge is -2.19. The first-order valence-electron chi connectivity index (χ1n) is 11.1. The minimum absolute atomic E-state index is 0.0208. The summed E-state index contributed by atoms with van der Waals surface area (Å²) in [5.74, 6) is -1.31. The highest BCUT2D eigenvalue weighted by atomic mass is 18.2. The number of ether oxygens (including phenoxy) is 2. The van der Waals surface area contributed by atoms with E-state index in [9.17, 15) is 23.6 Å². The Labute approximate surface area is 196 Å². The van der Waals surface area contributed by atoms with Crippen molar-refractivity contribution >= 4 is 24.4 Å². The third-order valence-electron chi connectivity index (χ3n) is 4.55. The van der Waals surface area contributed by atoms with Crippen molar-refractivity contribution in [2.24, 2.45) is 0 Å². The number of carboxylic acids is 1. The standard InChI is InChI=1S/C20H33FN6O7/c1-2-5-16(19(30)31)23-20(32)24-18(34-14-28)6-3-4-10-22-17(29)8-7-15-12-27(26-25-15)13-33-11-9-21/h12,14,16,18H,2-11,13H2,1H3,(H,22,29)(H,30,31)(H2,23,24,32)/t16-,18+/m0/s1/i21-1. The van der Waals surface area contributed by atoms with Gasteiger partial charge < -0.3 is 30.5 Å². The van der Waals surface area contributed by atoms with E-state index in [2.05, 4.69) is 26.3 Å². The van der Waals surface area contributed by atoms with Crippen LogP contribution in [0.4, 0.5) is 9.18 Å². The van der Waals surface area contributed by atoms with Gasteiger partial charge in [-0.05, 0) is 19.3 Å². The van der Waals surface area contributed by atoms with Crippen LogP contribution in [0.15, 0.2) is 6.20 Å². The maximum Gasteiger partial charge on any atom is 0.326 e. The number of carboxylic acid groups (broad SMARTS) is 1. The van der Waals surface area contributed by atoms with Gasteiger partial charge in [0.2, 0.25) is 5.91 Å². The molecule has 0 aliphatic heterocycles. The highest BCUT2D eigenvalue weighted by molar-refractivity contribution is 5.82. The molecule has 1 rings (SSSR count). The molecule has 4 N–H and O–H groups in total. The van der Waals surface area contributed by atoms with E-state index < -0.39 is 30.9 Å². The van der Waals surface area contributed by atoms with E-state index in [0.717, 1.165) is 0 Å². The number of nitrogens with zero attached hydrogens (tertiary/aromatic N) is 3. The average Bonchev–Trinajstić information content (AvgIpc) is 3.25. The summed E-state index contributed by atoms with van der Waals surface area (Å²) in [7, 11) is 0. The molecule has 0 bridgehead atoms. The van der Waals surface area contributed by atoms with Crippen LogP contribution in [0.5, 0.6) is 0 Å². The van der Waals surface area contributed by atoms with Crippen molar-refractivity contribution in [3.05, 3.63) is 11.9 Å². The molecule has 34 heavy (non-hydrogen) atoms. The van der Waals surface area contributed by atoms with Gasteiger partial charge in [-0.15, -0.1) is 5.10 Å². The van der Waals surface area contributed by atoms with Gasteiger partial charge in [-0.3, -0.25) is 9.59 Å². The summed E-state index contributed by atoms with van der Waals surface area (Å²) >= 11 is 0. The number of rotatable bonds is 19. The number of halogens is 1. The number of urea groups is 1. The van der Waals surface area contributed by atoms with Gasteiger partial charge in [0.05, 0.1) is 18.5 Å². The molecule has 0 fully saturated rings. The third-order valence-corrected chi connectivity index (χ3v) is 4.55. The van der Waals surface area contributed by atoms with Gasteiger partial charge in [-0.2, -0.15) is 0 Å². The molecule has 0 saturated carbocycles. The number of aliphatic carboxylic acids is 1. The molecule has 0 saturated heterocycles. The van der Waals surface area contributed by atoms with Crippen molar-refractivity contribution in [2.75, 3.05) is 19.8 Å². The van der Waals surface area contributed by atoms with Crippen LogP contribution in [0, 0.1) is 0 Å². The molecule has 1 heterocycles. The molecule has 192 valence electrons. The van der Waals surface area contributed by atoms with Crippen molar-refractivity contribution in [1.82, 2.24) is 30.9 Å². The fraction of sp³-hybridized carbons (Fsp3) is 0.700. The van der Waals surface area contributed by atoms with Gasteiger partial charge in [0.15, 0.2) is 6.23 Å². The van der Waals surface area contributed by atoms with Gasteiger partial charge in [0.25, 0.3) is 6.47 Å². The zero-order valence-corrected chi connectivity index (χ0v) is 19.2. The molecule has 0 aliphatic carbocycles. The number of aryl methyl sites for hydroxylation is 1. The molecule has 0 aliphatic rings. The Hall–Kier alpha value is -3.29. The van der Waals surface area contributed by atoms with Gasteiger partial charge in [0, 0.05) is 25.8 Å². The molecule has 1 aromatic heterocycles. The second kappa shape index (κ2) is 17.2. The highest BCUT2D eigenvalue weighted by Crippen LogP contribution is 2.03. The fourth-order valence-corrected chi connectivity index (χ4v) is 2.87. The number of alkyl halides is 1. The van der Waals surface area contributed by atoms with Crippen molar-refractivity contribution in [3.8, 4) is 0 Å². The van der Waals surface area contributed by atoms with E-state index in [1.54, 1.807) is 13.1 Å². The summed E-state index contributed by atoms with van der Waals surface area (Å²) < 4.78 is 23.3. The Kier molecular flexibility index (Phi) is 14.6. The first kappa shape index (κ1) is 28.7. The Morgan fingerprint density at radius 3 is 2.74 bits per heavy atom. The number of hydrogen-bond acceptors (Lipinski definition) is 8. The number of nitrogens with one attached hydrogen (secondary N) is 3. The van der Waals surface area contributed by atoms with Crippen LogP contribution >= 0.6 is 0 Å². The summed E-state index contributed by atoms with van der Waals surface area (Å²) in [5.41, 5.74) is 0.612. The number of carbonyl (C=O) groups is 4. The maximum atomic E-state index is 12.0. The lowest BCUT2D eigenvalue weighted by molar-refractivity contribution is -0.139. The van der Waals surface area contributed by atoms with Crippen molar-refractivity contribution < 1.29 is 38.1 Å². The molecule has 0 spiro atoms. The monoisotopic (exact) mass is 487 g/mol. The average molecular weight is 488 g/mol. The predicted molar refractivity (Wildman–Crippen MR) is 116 cm³/mol. The molecule has 13 nitrogen and oxygen atoms in total. The number of hydrogen-bond donors (Lipinski definition) is 4. The molecule has 1 aromatic rings. The largest absolute Gasteiger partial charge is 0.480 e. The van der Waals surface area contributed by atoms with Crippen LogP contribution < -0.4 is 16.0 Å². The Morgan fingerprint density at radius 2 is 2.06 bits per heavy atom. The Balaban J connectivity index is 2.24. The van der Waals surface area contributed by atoms with Gasteiger partial charge in [-0.25, -0.2) is 18.7 Å². The summed E-state index contributed by atoms with van der Waals surface area (Å²) in [6, 6.07) is -1.77. The van der Waals surface area contributed by atoms with Crippen molar-refractivity contribution in [3.63, 3.8) is 0 Å². The lowest BCUT2D eigenvalue weighted by Crippen LogP contribution is -2.49. The minimum Gasteiger partial charge on any atom is -0.480 e. The first-order chi connectivity index (χ1) is 16.4. The van der Waals surface area contributed by atoms with Gasteiger partial charge >= 0.3 is 12.0 Å². The molecular weight excluding hydrogens is 454 g/mol. The van der Waals surface area contributed by atoms with E-state index >= 15 is 0 Å². The van der Waals surface area contributed by atoms with Crippen molar-refractivity contribution in [1.29, 1.82) is 0 Å². The number of aromatic nitrogens is 3. The van der Waals surface area contributed by atoms with E-state index in [1.165, 1.54) is 4.68 Å². The smallest absolute Gasteiger partial charge is 0.326 e. The molecule has 0 radical (unpaired) electrons. The van der Waals surface area contributed by atoms with E-state index in [1.807, 2.05) is 0 Å². The van der Waals surface area contributed by atoms with Crippen LogP contribution in [0.3, 0.4) is 0 Å². The van der Waals surface area contributed by atoms with E-state index in [-0.39, 0.29) is 38.6 Å². The van der Waals surface area contributed by atoms with Gasteiger partial charge in [-0.1, -0.05) is 18.6 Å². The van der Waals surface area contributed by atoms with Crippen LogP contribution in [0.2, 0.25) is 0 Å². The summed E-state index contributed by atoms with van der Waals surface area (Å²) in [6.45, 7) is 1.88. The fourth-order valence-electron chi connectivity index (χ4n) is 2.87. The first-order valence-corrected chi connectivity index (χ1v) is 11.1. The third kappa shape index (κ3) is 12.7. The van der Waals surface area contributed by atoms with Crippen LogP contribution in [0.1, 0.15) is 51.1 Å². The molecule has 3 amide bonds. The molecule has 0 aromatic carbocycles. The minimum atomic E-state index is -1.15. The topological polar surface area (TPSA) is 174 Å². The number of amides is 3. The summed E-state index contributed by atoms with van der Waals surface area (Å²) in [6.07, 6.45) is 3.56. The maximum absolute atomic E-state index is 12.0. The molecule has 0 unspecified atom stereocenters. The lowest BCUT2D eigenvalue weighted by atomic mass is 10.2. The van der Waals surface area contributed by atoms with E-state index in [0.29, 0.717) is 44.3 Å². The zero-order valence-electron chi connectivity index (χ0n) is 19.2. The van der Waals surface area contributed by atoms with Crippen LogP contribution in [-0.4, -0.2) is 76.6 Å².